The zero-order chi connectivity index (χ0) is 20.6. The predicted molar refractivity (Wildman–Crippen MR) is 125 cm³/mol. The Kier molecular flexibility index (Phi) is 14.4. The molecule has 1 N–H and O–H groups in total. The summed E-state index contributed by atoms with van der Waals surface area (Å²) in [6, 6.07) is 0. The van der Waals surface area contributed by atoms with E-state index < -0.39 is 0 Å². The highest BCUT2D eigenvalue weighted by Gasteiger charge is 2.45. The van der Waals surface area contributed by atoms with Gasteiger partial charge in [-0.15, -0.1) is 0 Å². The second-order valence-electron chi connectivity index (χ2n) is 10.2. The normalized spacial score (nSPS) is 25.9. The summed E-state index contributed by atoms with van der Waals surface area (Å²) in [4.78, 5) is 0. The van der Waals surface area contributed by atoms with Crippen LogP contribution in [-0.4, -0.2) is 23.9 Å². The highest BCUT2D eigenvalue weighted by Crippen LogP contribution is 2.46. The minimum absolute atomic E-state index is 0.0703. The molecule has 29 heavy (non-hydrogen) atoms. The van der Waals surface area contributed by atoms with Gasteiger partial charge in [0.1, 0.15) is 0 Å². The van der Waals surface area contributed by atoms with Crippen LogP contribution in [0.3, 0.4) is 0 Å². The Bertz CT molecular complexity index is 370. The van der Waals surface area contributed by atoms with Gasteiger partial charge < -0.3 is 9.84 Å². The van der Waals surface area contributed by atoms with Gasteiger partial charge in [0.05, 0.1) is 12.2 Å². The first-order valence-electron chi connectivity index (χ1n) is 13.6. The maximum atomic E-state index is 9.97. The smallest absolute Gasteiger partial charge is 0.0630 e. The van der Waals surface area contributed by atoms with E-state index >= 15 is 0 Å². The summed E-state index contributed by atoms with van der Waals surface area (Å²) in [5.74, 6) is 1.20. The summed E-state index contributed by atoms with van der Waals surface area (Å²) < 4.78 is 6.08. The van der Waals surface area contributed by atoms with Crippen LogP contribution >= 0.6 is 0 Å². The van der Waals surface area contributed by atoms with Crippen LogP contribution in [0.15, 0.2) is 0 Å². The molecule has 0 aromatic carbocycles. The third kappa shape index (κ3) is 11.2. The first-order valence-corrected chi connectivity index (χ1v) is 13.6. The average molecular weight is 409 g/mol. The van der Waals surface area contributed by atoms with E-state index in [1.165, 1.54) is 128 Å². The Hall–Kier alpha value is -0.0800. The first kappa shape index (κ1) is 25.2. The van der Waals surface area contributed by atoms with Crippen LogP contribution in [0.1, 0.15) is 142 Å². The summed E-state index contributed by atoms with van der Waals surface area (Å²) in [5, 5.41) is 9.97. The quantitative estimate of drug-likeness (QED) is 0.206. The van der Waals surface area contributed by atoms with Crippen molar-refractivity contribution in [2.75, 3.05) is 6.61 Å². The summed E-state index contributed by atoms with van der Waals surface area (Å²) in [6.45, 7) is 3.21. The van der Waals surface area contributed by atoms with Crippen LogP contribution in [0, 0.1) is 11.8 Å². The fraction of sp³-hybridized carbons (Fsp3) is 1.00. The molecule has 0 aliphatic heterocycles. The lowest BCUT2D eigenvalue weighted by Crippen LogP contribution is -2.30. The second-order valence-corrected chi connectivity index (χ2v) is 10.2. The van der Waals surface area contributed by atoms with Crippen LogP contribution in [0.2, 0.25) is 0 Å². The summed E-state index contributed by atoms with van der Waals surface area (Å²) >= 11 is 0. The molecule has 4 unspecified atom stereocenters. The van der Waals surface area contributed by atoms with E-state index in [0.29, 0.717) is 12.0 Å². The molecule has 2 bridgehead atoms. The third-order valence-electron chi connectivity index (χ3n) is 7.55. The van der Waals surface area contributed by atoms with E-state index in [4.69, 9.17) is 4.74 Å². The molecule has 0 radical (unpaired) electrons. The zero-order valence-electron chi connectivity index (χ0n) is 19.7. The van der Waals surface area contributed by atoms with Crippen molar-refractivity contribution in [1.82, 2.24) is 0 Å². The van der Waals surface area contributed by atoms with Crippen molar-refractivity contribution in [3.8, 4) is 0 Å². The molecule has 0 spiro atoms. The Morgan fingerprint density at radius 3 is 1.45 bits per heavy atom. The highest BCUT2D eigenvalue weighted by molar-refractivity contribution is 4.96. The number of fused-ring (bicyclic) bond motifs is 2. The van der Waals surface area contributed by atoms with Crippen molar-refractivity contribution < 1.29 is 9.84 Å². The molecule has 2 heteroatoms. The maximum Gasteiger partial charge on any atom is 0.0630 e. The zero-order valence-corrected chi connectivity index (χ0v) is 19.7. The van der Waals surface area contributed by atoms with Crippen molar-refractivity contribution in [3.63, 3.8) is 0 Å². The molecular formula is C27H52O2. The molecule has 2 fully saturated rings. The summed E-state index contributed by atoms with van der Waals surface area (Å²) in [7, 11) is 0. The molecule has 2 rings (SSSR count). The van der Waals surface area contributed by atoms with E-state index in [1.54, 1.807) is 0 Å². The average Bonchev–Trinajstić information content (AvgIpc) is 3.29. The Balaban J connectivity index is 1.22. The topological polar surface area (TPSA) is 29.5 Å². The van der Waals surface area contributed by atoms with Crippen LogP contribution in [0.5, 0.6) is 0 Å². The maximum absolute atomic E-state index is 9.97. The van der Waals surface area contributed by atoms with Gasteiger partial charge >= 0.3 is 0 Å². The predicted octanol–water partition coefficient (Wildman–Crippen LogP) is 8.20. The number of hydrogen-bond acceptors (Lipinski definition) is 2. The van der Waals surface area contributed by atoms with Gasteiger partial charge in [-0.3, -0.25) is 0 Å². The minimum atomic E-state index is -0.0703. The van der Waals surface area contributed by atoms with E-state index in [1.807, 2.05) is 0 Å². The molecule has 2 nitrogen and oxygen atoms in total. The number of ether oxygens (including phenoxy) is 1. The van der Waals surface area contributed by atoms with E-state index in [9.17, 15) is 5.11 Å². The Labute approximate surface area is 182 Å². The number of hydrogen-bond donors (Lipinski definition) is 1. The molecular weight excluding hydrogens is 356 g/mol. The van der Waals surface area contributed by atoms with Gasteiger partial charge in [0.2, 0.25) is 0 Å². The first-order chi connectivity index (χ1) is 14.3. The molecule has 0 aromatic rings. The molecule has 2 saturated carbocycles. The van der Waals surface area contributed by atoms with Gasteiger partial charge in [-0.2, -0.15) is 0 Å². The summed E-state index contributed by atoms with van der Waals surface area (Å²) in [6.07, 6.45) is 29.4. The molecule has 0 aromatic heterocycles. The standard InChI is InChI=1S/C27H52O2/c1-2-3-4-5-6-7-8-9-10-11-12-13-14-15-16-17-18-19-20-29-27-23-24-21-25(27)26(28)22-24/h24-28H,2-23H2,1H3. The molecule has 0 heterocycles. The van der Waals surface area contributed by atoms with Gasteiger partial charge in [-0.25, -0.2) is 0 Å². The van der Waals surface area contributed by atoms with Gasteiger partial charge in [-0.1, -0.05) is 116 Å². The van der Waals surface area contributed by atoms with Crippen LogP contribution in [-0.2, 0) is 4.74 Å². The third-order valence-corrected chi connectivity index (χ3v) is 7.55. The van der Waals surface area contributed by atoms with Crippen molar-refractivity contribution in [3.05, 3.63) is 0 Å². The molecule has 4 atom stereocenters. The van der Waals surface area contributed by atoms with Crippen molar-refractivity contribution >= 4 is 0 Å². The highest BCUT2D eigenvalue weighted by atomic mass is 16.5. The molecule has 172 valence electrons. The molecule has 0 amide bonds. The lowest BCUT2D eigenvalue weighted by Gasteiger charge is -2.26. The lowest BCUT2D eigenvalue weighted by atomic mass is 9.95. The number of aliphatic hydroxyl groups excluding tert-OH is 1. The lowest BCUT2D eigenvalue weighted by molar-refractivity contribution is -0.0322. The largest absolute Gasteiger partial charge is 0.393 e. The van der Waals surface area contributed by atoms with Gasteiger partial charge in [0.15, 0.2) is 0 Å². The van der Waals surface area contributed by atoms with E-state index in [-0.39, 0.29) is 6.10 Å². The van der Waals surface area contributed by atoms with Crippen molar-refractivity contribution in [1.29, 1.82) is 0 Å². The van der Waals surface area contributed by atoms with Gasteiger partial charge in [-0.05, 0) is 31.6 Å². The minimum Gasteiger partial charge on any atom is -0.393 e. The van der Waals surface area contributed by atoms with Crippen LogP contribution in [0.25, 0.3) is 0 Å². The fourth-order valence-corrected chi connectivity index (χ4v) is 5.68. The number of unbranched alkanes of at least 4 members (excludes halogenated alkanes) is 17. The number of aliphatic hydroxyl groups is 1. The van der Waals surface area contributed by atoms with E-state index in [2.05, 4.69) is 6.92 Å². The summed E-state index contributed by atoms with van der Waals surface area (Å²) in [5.41, 5.74) is 0. The van der Waals surface area contributed by atoms with Crippen LogP contribution < -0.4 is 0 Å². The Morgan fingerprint density at radius 1 is 0.586 bits per heavy atom. The monoisotopic (exact) mass is 408 g/mol. The van der Waals surface area contributed by atoms with Gasteiger partial charge in [0.25, 0.3) is 0 Å². The molecule has 0 saturated heterocycles. The molecule has 2 aliphatic rings. The molecule has 2 aliphatic carbocycles. The number of rotatable bonds is 20. The Morgan fingerprint density at radius 2 is 1.03 bits per heavy atom. The van der Waals surface area contributed by atoms with Crippen molar-refractivity contribution in [2.24, 2.45) is 11.8 Å². The van der Waals surface area contributed by atoms with E-state index in [0.717, 1.165) is 18.9 Å². The fourth-order valence-electron chi connectivity index (χ4n) is 5.68. The second kappa shape index (κ2) is 16.6. The SMILES string of the molecule is CCCCCCCCCCCCCCCCCCCCOC1CC2CC(O)C1C2. The van der Waals surface area contributed by atoms with Crippen molar-refractivity contribution in [2.45, 2.75) is 154 Å². The van der Waals surface area contributed by atoms with Gasteiger partial charge in [0, 0.05) is 12.5 Å². The van der Waals surface area contributed by atoms with Crippen LogP contribution in [0.4, 0.5) is 0 Å².